The fraction of sp³-hybridized carbons (Fsp3) is 0.727. The number of nitrogens with one attached hydrogen (secondary N) is 1. The van der Waals surface area contributed by atoms with Crippen molar-refractivity contribution >= 4 is 30.6 Å². The molecule has 8 heteroatoms. The van der Waals surface area contributed by atoms with Crippen molar-refractivity contribution in [3.05, 3.63) is 0 Å². The van der Waals surface area contributed by atoms with Crippen molar-refractivity contribution in [2.45, 2.75) is 39.3 Å². The van der Waals surface area contributed by atoms with Crippen LogP contribution in [0.25, 0.3) is 0 Å². The van der Waals surface area contributed by atoms with Gasteiger partial charge in [0.25, 0.3) is 0 Å². The SMILES string of the molecule is CC(=O)N(CN[C@@H](CS)C(=O)O)C(=O)OC(C)(C)C. The minimum absolute atomic E-state index is 0.0371. The van der Waals surface area contributed by atoms with Gasteiger partial charge in [-0.3, -0.25) is 14.9 Å². The maximum absolute atomic E-state index is 11.7. The summed E-state index contributed by atoms with van der Waals surface area (Å²) >= 11 is 3.87. The molecule has 0 radical (unpaired) electrons. The zero-order valence-corrected chi connectivity index (χ0v) is 12.4. The van der Waals surface area contributed by atoms with Crippen LogP contribution in [0.2, 0.25) is 0 Å². The van der Waals surface area contributed by atoms with E-state index in [1.165, 1.54) is 6.92 Å². The third-order valence-electron chi connectivity index (χ3n) is 1.97. The molecule has 0 rings (SSSR count). The molecular formula is C11H20N2O5S. The molecule has 19 heavy (non-hydrogen) atoms. The van der Waals surface area contributed by atoms with Crippen LogP contribution in [-0.4, -0.2) is 52.0 Å². The molecule has 0 heterocycles. The summed E-state index contributed by atoms with van der Waals surface area (Å²) in [5.41, 5.74) is -0.736. The van der Waals surface area contributed by atoms with Crippen molar-refractivity contribution < 1.29 is 24.2 Å². The van der Waals surface area contributed by atoms with Gasteiger partial charge in [0.2, 0.25) is 5.91 Å². The van der Waals surface area contributed by atoms with Crippen molar-refractivity contribution in [2.75, 3.05) is 12.4 Å². The van der Waals surface area contributed by atoms with Crippen molar-refractivity contribution in [3.8, 4) is 0 Å². The Morgan fingerprint density at radius 2 is 1.89 bits per heavy atom. The highest BCUT2D eigenvalue weighted by atomic mass is 32.1. The minimum Gasteiger partial charge on any atom is -0.480 e. The van der Waals surface area contributed by atoms with Crippen molar-refractivity contribution in [2.24, 2.45) is 0 Å². The number of nitrogens with zero attached hydrogens (tertiary/aromatic N) is 1. The number of carboxylic acid groups (broad SMARTS) is 1. The monoisotopic (exact) mass is 292 g/mol. The molecule has 0 fully saturated rings. The second-order valence-electron chi connectivity index (χ2n) is 4.86. The van der Waals surface area contributed by atoms with Gasteiger partial charge in [-0.2, -0.15) is 12.6 Å². The molecule has 0 aromatic heterocycles. The molecule has 0 aliphatic heterocycles. The second-order valence-corrected chi connectivity index (χ2v) is 5.23. The van der Waals surface area contributed by atoms with Gasteiger partial charge in [0.1, 0.15) is 11.6 Å². The van der Waals surface area contributed by atoms with Gasteiger partial charge in [-0.1, -0.05) is 0 Å². The number of rotatable bonds is 5. The van der Waals surface area contributed by atoms with E-state index in [0.717, 1.165) is 4.90 Å². The third kappa shape index (κ3) is 7.02. The minimum atomic E-state index is -1.11. The number of carboxylic acids is 1. The van der Waals surface area contributed by atoms with Gasteiger partial charge in [0.15, 0.2) is 0 Å². The summed E-state index contributed by atoms with van der Waals surface area (Å²) in [7, 11) is 0. The summed E-state index contributed by atoms with van der Waals surface area (Å²) in [6.45, 7) is 5.96. The zero-order valence-electron chi connectivity index (χ0n) is 11.5. The summed E-state index contributed by atoms with van der Waals surface area (Å²) < 4.78 is 5.05. The van der Waals surface area contributed by atoms with Crippen LogP contribution in [0.4, 0.5) is 4.79 Å². The Kier molecular flexibility index (Phi) is 6.85. The summed E-state index contributed by atoms with van der Waals surface area (Å²) in [5, 5.41) is 11.4. The lowest BCUT2D eigenvalue weighted by Gasteiger charge is -2.26. The van der Waals surface area contributed by atoms with E-state index in [1.54, 1.807) is 20.8 Å². The number of imide groups is 1. The van der Waals surface area contributed by atoms with Crippen LogP contribution in [-0.2, 0) is 14.3 Å². The molecule has 0 unspecified atom stereocenters. The van der Waals surface area contributed by atoms with E-state index >= 15 is 0 Å². The molecule has 1 atom stereocenters. The van der Waals surface area contributed by atoms with Crippen LogP contribution >= 0.6 is 12.6 Å². The predicted molar refractivity (Wildman–Crippen MR) is 72.0 cm³/mol. The second kappa shape index (κ2) is 7.34. The van der Waals surface area contributed by atoms with Crippen molar-refractivity contribution in [3.63, 3.8) is 0 Å². The van der Waals surface area contributed by atoms with Crippen LogP contribution in [0, 0.1) is 0 Å². The summed E-state index contributed by atoms with van der Waals surface area (Å²) in [6, 6.07) is -0.951. The van der Waals surface area contributed by atoms with Gasteiger partial charge < -0.3 is 9.84 Å². The van der Waals surface area contributed by atoms with E-state index in [9.17, 15) is 14.4 Å². The average molecular weight is 292 g/mol. The van der Waals surface area contributed by atoms with Gasteiger partial charge >= 0.3 is 12.1 Å². The highest BCUT2D eigenvalue weighted by molar-refractivity contribution is 7.80. The van der Waals surface area contributed by atoms with E-state index in [4.69, 9.17) is 9.84 Å². The van der Waals surface area contributed by atoms with Crippen LogP contribution in [0.15, 0.2) is 0 Å². The Balaban J connectivity index is 4.63. The first-order valence-electron chi connectivity index (χ1n) is 5.66. The molecule has 7 nitrogen and oxygen atoms in total. The fourth-order valence-corrected chi connectivity index (χ4v) is 1.34. The van der Waals surface area contributed by atoms with Crippen molar-refractivity contribution in [1.29, 1.82) is 0 Å². The molecule has 0 aliphatic rings. The molecule has 0 spiro atoms. The number of amides is 2. The average Bonchev–Trinajstić information content (AvgIpc) is 2.20. The number of carbonyl (C=O) groups excluding carboxylic acids is 2. The number of hydrogen-bond acceptors (Lipinski definition) is 6. The van der Waals surface area contributed by atoms with Crippen LogP contribution < -0.4 is 5.32 Å². The first-order chi connectivity index (χ1) is 8.58. The highest BCUT2D eigenvalue weighted by Gasteiger charge is 2.26. The lowest BCUT2D eigenvalue weighted by Crippen LogP contribution is -2.49. The highest BCUT2D eigenvalue weighted by Crippen LogP contribution is 2.09. The van der Waals surface area contributed by atoms with Crippen LogP contribution in [0.5, 0.6) is 0 Å². The van der Waals surface area contributed by atoms with E-state index < -0.39 is 29.6 Å². The topological polar surface area (TPSA) is 95.9 Å². The number of hydrogen-bond donors (Lipinski definition) is 3. The first kappa shape index (κ1) is 17.7. The molecule has 110 valence electrons. The van der Waals surface area contributed by atoms with E-state index in [-0.39, 0.29) is 12.4 Å². The number of aliphatic carboxylic acids is 1. The standard InChI is InChI=1S/C11H20N2O5S/c1-7(14)13(10(17)18-11(2,3)4)6-12-8(5-19)9(15)16/h8,12,19H,5-6H2,1-4H3,(H,15,16)/t8-/m0/s1. The Bertz CT molecular complexity index is 353. The maximum atomic E-state index is 11.7. The van der Waals surface area contributed by atoms with Gasteiger partial charge in [0, 0.05) is 12.7 Å². The van der Waals surface area contributed by atoms with E-state index in [2.05, 4.69) is 17.9 Å². The Labute approximate surface area is 117 Å². The van der Waals surface area contributed by atoms with Gasteiger partial charge in [0.05, 0.1) is 6.67 Å². The van der Waals surface area contributed by atoms with E-state index in [0.29, 0.717) is 0 Å². The van der Waals surface area contributed by atoms with Crippen LogP contribution in [0.3, 0.4) is 0 Å². The van der Waals surface area contributed by atoms with Crippen LogP contribution in [0.1, 0.15) is 27.7 Å². The Hall–Kier alpha value is -1.28. The maximum Gasteiger partial charge on any atom is 0.418 e. The summed E-state index contributed by atoms with van der Waals surface area (Å²) in [5.74, 6) is -1.61. The first-order valence-corrected chi connectivity index (χ1v) is 6.30. The molecule has 0 aromatic rings. The summed E-state index contributed by atoms with van der Waals surface area (Å²) in [6.07, 6.45) is -0.823. The largest absolute Gasteiger partial charge is 0.480 e. The van der Waals surface area contributed by atoms with E-state index in [1.807, 2.05) is 0 Å². The normalized spacial score (nSPS) is 12.7. The lowest BCUT2D eigenvalue weighted by atomic mass is 10.2. The molecular weight excluding hydrogens is 272 g/mol. The zero-order chi connectivity index (χ0) is 15.2. The Morgan fingerprint density at radius 1 is 1.37 bits per heavy atom. The number of carbonyl (C=O) groups is 3. The molecule has 0 aromatic carbocycles. The van der Waals surface area contributed by atoms with Crippen molar-refractivity contribution in [1.82, 2.24) is 10.2 Å². The molecule has 0 saturated carbocycles. The molecule has 2 N–H and O–H groups in total. The molecule has 0 bridgehead atoms. The van der Waals surface area contributed by atoms with Gasteiger partial charge in [-0.25, -0.2) is 9.69 Å². The summed E-state index contributed by atoms with van der Waals surface area (Å²) in [4.78, 5) is 34.7. The molecule has 2 amide bonds. The molecule has 0 saturated heterocycles. The number of ether oxygens (including phenoxy) is 1. The molecule has 0 aliphatic carbocycles. The van der Waals surface area contributed by atoms with Gasteiger partial charge in [-0.15, -0.1) is 0 Å². The third-order valence-corrected chi connectivity index (χ3v) is 2.34. The van der Waals surface area contributed by atoms with Gasteiger partial charge in [-0.05, 0) is 20.8 Å². The quantitative estimate of drug-likeness (QED) is 0.510. The number of thiol groups is 1. The fourth-order valence-electron chi connectivity index (χ4n) is 1.05. The Morgan fingerprint density at radius 3 is 2.21 bits per heavy atom. The predicted octanol–water partition coefficient (Wildman–Crippen LogP) is 0.700. The smallest absolute Gasteiger partial charge is 0.418 e. The lowest BCUT2D eigenvalue weighted by molar-refractivity contribution is -0.140.